The van der Waals surface area contributed by atoms with E-state index in [2.05, 4.69) is 72.9 Å². The Morgan fingerprint density at radius 1 is 0.757 bits per heavy atom. The molecule has 0 saturated carbocycles. The van der Waals surface area contributed by atoms with E-state index in [1.807, 2.05) is 60.4 Å². The SMILES string of the molecule is CCOc1ccc(CN(CCC(c2ccccc2)c2ccccc2)C(=O)Nc2ccc(CC)cc2)cc1. The van der Waals surface area contributed by atoms with Crippen LogP contribution in [0, 0.1) is 0 Å². The molecule has 0 aliphatic rings. The maximum absolute atomic E-state index is 13.5. The number of nitrogens with zero attached hydrogens (tertiary/aromatic N) is 1. The summed E-state index contributed by atoms with van der Waals surface area (Å²) < 4.78 is 5.60. The van der Waals surface area contributed by atoms with Gasteiger partial charge in [0, 0.05) is 24.7 Å². The topological polar surface area (TPSA) is 41.6 Å². The fraction of sp³-hybridized carbons (Fsp3) is 0.242. The fourth-order valence-electron chi connectivity index (χ4n) is 4.54. The van der Waals surface area contributed by atoms with Crippen LogP contribution < -0.4 is 10.1 Å². The quantitative estimate of drug-likeness (QED) is 0.231. The first kappa shape index (κ1) is 26.0. The van der Waals surface area contributed by atoms with Crippen molar-refractivity contribution in [2.24, 2.45) is 0 Å². The standard InChI is InChI=1S/C33H36N2O2/c1-3-26-15-19-30(20-16-26)34-33(36)35(25-27-17-21-31(22-18-27)37-4-2)24-23-32(28-11-7-5-8-12-28)29-13-9-6-10-14-29/h5-22,32H,3-4,23-25H2,1-2H3,(H,34,36). The second-order valence-corrected chi connectivity index (χ2v) is 9.14. The average molecular weight is 493 g/mol. The molecular formula is C33H36N2O2. The number of urea groups is 1. The monoisotopic (exact) mass is 492 g/mol. The van der Waals surface area contributed by atoms with Crippen molar-refractivity contribution in [1.82, 2.24) is 4.90 Å². The lowest BCUT2D eigenvalue weighted by Gasteiger charge is -2.26. The highest BCUT2D eigenvalue weighted by Crippen LogP contribution is 2.28. The van der Waals surface area contributed by atoms with Gasteiger partial charge in [-0.05, 0) is 66.3 Å². The third-order valence-electron chi connectivity index (χ3n) is 6.60. The van der Waals surface area contributed by atoms with Crippen molar-refractivity contribution < 1.29 is 9.53 Å². The van der Waals surface area contributed by atoms with Gasteiger partial charge in [0.2, 0.25) is 0 Å². The van der Waals surface area contributed by atoms with Gasteiger partial charge in [0.15, 0.2) is 0 Å². The minimum Gasteiger partial charge on any atom is -0.494 e. The highest BCUT2D eigenvalue weighted by Gasteiger charge is 2.20. The Hall–Kier alpha value is -4.05. The highest BCUT2D eigenvalue weighted by molar-refractivity contribution is 5.89. The van der Waals surface area contributed by atoms with E-state index in [0.717, 1.165) is 29.8 Å². The van der Waals surface area contributed by atoms with Crippen LogP contribution in [-0.4, -0.2) is 24.1 Å². The van der Waals surface area contributed by atoms with Crippen LogP contribution in [0.3, 0.4) is 0 Å². The van der Waals surface area contributed by atoms with Gasteiger partial charge in [-0.2, -0.15) is 0 Å². The second-order valence-electron chi connectivity index (χ2n) is 9.14. The number of carbonyl (C=O) groups is 1. The van der Waals surface area contributed by atoms with Crippen LogP contribution in [0.4, 0.5) is 10.5 Å². The maximum atomic E-state index is 13.5. The third-order valence-corrected chi connectivity index (χ3v) is 6.60. The van der Waals surface area contributed by atoms with E-state index < -0.39 is 0 Å². The first-order valence-corrected chi connectivity index (χ1v) is 13.1. The molecule has 0 aromatic heterocycles. The Labute approximate surface area is 220 Å². The summed E-state index contributed by atoms with van der Waals surface area (Å²) >= 11 is 0. The number of nitrogens with one attached hydrogen (secondary N) is 1. The van der Waals surface area contributed by atoms with E-state index in [-0.39, 0.29) is 11.9 Å². The van der Waals surface area contributed by atoms with Crippen molar-refractivity contribution in [3.63, 3.8) is 0 Å². The molecule has 4 aromatic carbocycles. The fourth-order valence-corrected chi connectivity index (χ4v) is 4.54. The Morgan fingerprint density at radius 3 is 1.86 bits per heavy atom. The van der Waals surface area contributed by atoms with Crippen LogP contribution in [0.2, 0.25) is 0 Å². The number of amides is 2. The molecule has 0 bridgehead atoms. The molecule has 0 saturated heterocycles. The van der Waals surface area contributed by atoms with Crippen molar-refractivity contribution in [2.75, 3.05) is 18.5 Å². The van der Waals surface area contributed by atoms with E-state index in [4.69, 9.17) is 4.74 Å². The van der Waals surface area contributed by atoms with Gasteiger partial charge in [-0.3, -0.25) is 0 Å². The molecule has 4 aromatic rings. The summed E-state index contributed by atoms with van der Waals surface area (Å²) in [6.07, 6.45) is 1.78. The summed E-state index contributed by atoms with van der Waals surface area (Å²) in [5.74, 6) is 1.04. The molecule has 0 radical (unpaired) electrons. The van der Waals surface area contributed by atoms with Gasteiger partial charge >= 0.3 is 6.03 Å². The van der Waals surface area contributed by atoms with Crippen molar-refractivity contribution >= 4 is 11.7 Å². The minimum absolute atomic E-state index is 0.0991. The first-order chi connectivity index (χ1) is 18.2. The Bertz CT molecular complexity index is 1180. The molecule has 0 atom stereocenters. The van der Waals surface area contributed by atoms with E-state index in [9.17, 15) is 4.79 Å². The van der Waals surface area contributed by atoms with Gasteiger partial charge in [0.05, 0.1) is 6.61 Å². The Morgan fingerprint density at radius 2 is 1.32 bits per heavy atom. The zero-order chi connectivity index (χ0) is 25.9. The van der Waals surface area contributed by atoms with E-state index in [0.29, 0.717) is 19.7 Å². The first-order valence-electron chi connectivity index (χ1n) is 13.1. The summed E-state index contributed by atoms with van der Waals surface area (Å²) in [7, 11) is 0. The predicted molar refractivity (Wildman–Crippen MR) is 152 cm³/mol. The van der Waals surface area contributed by atoms with Gasteiger partial charge in [0.25, 0.3) is 0 Å². The lowest BCUT2D eigenvalue weighted by molar-refractivity contribution is 0.207. The van der Waals surface area contributed by atoms with Crippen molar-refractivity contribution in [3.05, 3.63) is 131 Å². The summed E-state index contributed by atoms with van der Waals surface area (Å²) in [6, 6.07) is 37.1. The number of hydrogen-bond acceptors (Lipinski definition) is 2. The van der Waals surface area contributed by atoms with Crippen LogP contribution in [-0.2, 0) is 13.0 Å². The van der Waals surface area contributed by atoms with E-state index >= 15 is 0 Å². The van der Waals surface area contributed by atoms with Gasteiger partial charge in [-0.15, -0.1) is 0 Å². The number of hydrogen-bond donors (Lipinski definition) is 1. The zero-order valence-corrected chi connectivity index (χ0v) is 21.8. The lowest BCUT2D eigenvalue weighted by Crippen LogP contribution is -2.36. The highest BCUT2D eigenvalue weighted by atomic mass is 16.5. The number of rotatable bonds is 11. The van der Waals surface area contributed by atoms with Gasteiger partial charge in [0.1, 0.15) is 5.75 Å². The number of carbonyl (C=O) groups excluding carboxylic acids is 1. The van der Waals surface area contributed by atoms with Crippen LogP contribution in [0.25, 0.3) is 0 Å². The third kappa shape index (κ3) is 7.47. The summed E-state index contributed by atoms with van der Waals surface area (Å²) in [5.41, 5.74) is 5.63. The van der Waals surface area contributed by atoms with Crippen LogP contribution in [0.15, 0.2) is 109 Å². The number of ether oxygens (including phenoxy) is 1. The molecule has 0 aliphatic carbocycles. The molecule has 4 nitrogen and oxygen atoms in total. The normalized spacial score (nSPS) is 10.8. The zero-order valence-electron chi connectivity index (χ0n) is 21.8. The molecule has 0 spiro atoms. The molecule has 0 fully saturated rings. The molecule has 2 amide bonds. The van der Waals surface area contributed by atoms with Crippen molar-refractivity contribution in [3.8, 4) is 5.75 Å². The van der Waals surface area contributed by atoms with Crippen LogP contribution >= 0.6 is 0 Å². The molecule has 4 rings (SSSR count). The summed E-state index contributed by atoms with van der Waals surface area (Å²) in [6.45, 7) is 5.86. The van der Waals surface area contributed by atoms with E-state index in [1.165, 1.54) is 16.7 Å². The maximum Gasteiger partial charge on any atom is 0.322 e. The number of benzene rings is 4. The molecule has 190 valence electrons. The molecule has 37 heavy (non-hydrogen) atoms. The Balaban J connectivity index is 1.55. The van der Waals surface area contributed by atoms with Gasteiger partial charge < -0.3 is 15.0 Å². The van der Waals surface area contributed by atoms with Crippen molar-refractivity contribution in [1.29, 1.82) is 0 Å². The predicted octanol–water partition coefficient (Wildman–Crippen LogP) is 7.90. The van der Waals surface area contributed by atoms with Crippen molar-refractivity contribution in [2.45, 2.75) is 39.2 Å². The molecule has 0 heterocycles. The molecule has 1 N–H and O–H groups in total. The molecule has 0 unspecified atom stereocenters. The molecule has 4 heteroatoms. The molecule has 0 aliphatic heterocycles. The van der Waals surface area contributed by atoms with Gasteiger partial charge in [-0.1, -0.05) is 91.9 Å². The summed E-state index contributed by atoms with van der Waals surface area (Å²) in [4.78, 5) is 15.4. The smallest absolute Gasteiger partial charge is 0.322 e. The Kier molecular flexibility index (Phi) is 9.36. The largest absolute Gasteiger partial charge is 0.494 e. The van der Waals surface area contributed by atoms with Gasteiger partial charge in [-0.25, -0.2) is 4.79 Å². The van der Waals surface area contributed by atoms with Crippen LogP contribution in [0.1, 0.15) is 48.4 Å². The number of aryl methyl sites for hydroxylation is 1. The second kappa shape index (κ2) is 13.3. The summed E-state index contributed by atoms with van der Waals surface area (Å²) in [5, 5.41) is 3.11. The number of anilines is 1. The molecular weight excluding hydrogens is 456 g/mol. The van der Waals surface area contributed by atoms with Crippen LogP contribution in [0.5, 0.6) is 5.75 Å². The lowest BCUT2D eigenvalue weighted by atomic mass is 9.88. The minimum atomic E-state index is -0.0991. The average Bonchev–Trinajstić information content (AvgIpc) is 2.95. The van der Waals surface area contributed by atoms with E-state index in [1.54, 1.807) is 0 Å².